The third kappa shape index (κ3) is 2.42. The Balaban J connectivity index is 2.13. The van der Waals surface area contributed by atoms with E-state index >= 15 is 0 Å². The van der Waals surface area contributed by atoms with Crippen LogP contribution in [-0.2, 0) is 6.42 Å². The number of rotatable bonds is 5. The Morgan fingerprint density at radius 1 is 1.25 bits per heavy atom. The van der Waals surface area contributed by atoms with E-state index in [1.54, 1.807) is 0 Å². The Morgan fingerprint density at radius 2 is 2.06 bits per heavy atom. The van der Waals surface area contributed by atoms with Crippen LogP contribution in [0.15, 0.2) is 24.3 Å². The maximum atomic E-state index is 4.18. The third-order valence-corrected chi connectivity index (χ3v) is 3.09. The number of hydrogen-bond donors (Lipinski definition) is 3. The molecule has 0 saturated heterocycles. The van der Waals surface area contributed by atoms with Gasteiger partial charge in [-0.1, -0.05) is 18.2 Å². The van der Waals surface area contributed by atoms with Crippen molar-refractivity contribution in [3.8, 4) is 0 Å². The molecule has 0 amide bonds. The van der Waals surface area contributed by atoms with Gasteiger partial charge in [-0.05, 0) is 31.5 Å². The van der Waals surface area contributed by atoms with Gasteiger partial charge in [0.1, 0.15) is 0 Å². The number of aromatic nitrogens is 1. The van der Waals surface area contributed by atoms with Gasteiger partial charge in [0.15, 0.2) is 0 Å². The summed E-state index contributed by atoms with van der Waals surface area (Å²) in [4.78, 5) is 3.43. The summed E-state index contributed by atoms with van der Waals surface area (Å²) in [6.07, 6.45) is 1.07. The molecule has 1 aromatic heterocycles. The summed E-state index contributed by atoms with van der Waals surface area (Å²) in [6.45, 7) is 4.14. The molecule has 0 unspecified atom stereocenters. The number of aryl methyl sites for hydroxylation is 1. The summed E-state index contributed by atoms with van der Waals surface area (Å²) >= 11 is 4.18. The molecular formula is C13H18N2S. The second-order valence-corrected chi connectivity index (χ2v) is 4.44. The van der Waals surface area contributed by atoms with E-state index in [4.69, 9.17) is 0 Å². The number of hydrogen-bond acceptors (Lipinski definition) is 2. The van der Waals surface area contributed by atoms with Crippen molar-refractivity contribution in [1.82, 2.24) is 10.3 Å². The first-order valence-electron chi connectivity index (χ1n) is 5.70. The predicted octanol–water partition coefficient (Wildman–Crippen LogP) is 2.54. The summed E-state index contributed by atoms with van der Waals surface area (Å²) in [7, 11) is 0. The molecule has 0 bridgehead atoms. The molecule has 16 heavy (non-hydrogen) atoms. The molecular weight excluding hydrogens is 216 g/mol. The molecule has 0 aliphatic carbocycles. The summed E-state index contributed by atoms with van der Waals surface area (Å²) in [6, 6.07) is 8.49. The smallest absolute Gasteiger partial charge is 0.0458 e. The van der Waals surface area contributed by atoms with Crippen LogP contribution in [0.1, 0.15) is 11.3 Å². The van der Waals surface area contributed by atoms with Gasteiger partial charge in [-0.2, -0.15) is 12.6 Å². The predicted molar refractivity (Wildman–Crippen MR) is 73.5 cm³/mol. The van der Waals surface area contributed by atoms with E-state index in [-0.39, 0.29) is 0 Å². The van der Waals surface area contributed by atoms with Crippen molar-refractivity contribution in [3.63, 3.8) is 0 Å². The largest absolute Gasteiger partial charge is 0.358 e. The molecule has 0 radical (unpaired) electrons. The highest BCUT2D eigenvalue weighted by molar-refractivity contribution is 7.80. The Hall–Kier alpha value is -0.930. The van der Waals surface area contributed by atoms with Crippen LogP contribution in [0.5, 0.6) is 0 Å². The van der Waals surface area contributed by atoms with Gasteiger partial charge in [-0.25, -0.2) is 0 Å². The molecule has 1 aromatic carbocycles. The standard InChI is InChI=1S/C13H18N2S/c1-10-11(6-7-14-8-9-16)12-4-2-3-5-13(12)15-10/h2-5,14-16H,6-9H2,1H3. The molecule has 2 nitrogen and oxygen atoms in total. The quantitative estimate of drug-likeness (QED) is 0.538. The molecule has 86 valence electrons. The summed E-state index contributed by atoms with van der Waals surface area (Å²) < 4.78 is 0. The van der Waals surface area contributed by atoms with Crippen LogP contribution in [0.25, 0.3) is 10.9 Å². The number of thiol groups is 1. The minimum atomic E-state index is 0.896. The van der Waals surface area contributed by atoms with Crippen molar-refractivity contribution in [2.24, 2.45) is 0 Å². The summed E-state index contributed by atoms with van der Waals surface area (Å²) in [5.41, 5.74) is 3.96. The lowest BCUT2D eigenvalue weighted by Gasteiger charge is -2.03. The lowest BCUT2D eigenvalue weighted by Crippen LogP contribution is -2.19. The summed E-state index contributed by atoms with van der Waals surface area (Å²) in [5.74, 6) is 0.896. The molecule has 3 heteroatoms. The van der Waals surface area contributed by atoms with Gasteiger partial charge in [0.05, 0.1) is 0 Å². The van der Waals surface area contributed by atoms with Crippen molar-refractivity contribution < 1.29 is 0 Å². The fourth-order valence-electron chi connectivity index (χ4n) is 2.07. The van der Waals surface area contributed by atoms with Crippen molar-refractivity contribution in [2.45, 2.75) is 13.3 Å². The van der Waals surface area contributed by atoms with E-state index in [2.05, 4.69) is 54.1 Å². The molecule has 2 N–H and O–H groups in total. The Labute approximate surface area is 102 Å². The van der Waals surface area contributed by atoms with Crippen molar-refractivity contribution in [2.75, 3.05) is 18.8 Å². The van der Waals surface area contributed by atoms with E-state index in [1.807, 2.05) is 0 Å². The van der Waals surface area contributed by atoms with Gasteiger partial charge in [0, 0.05) is 28.9 Å². The van der Waals surface area contributed by atoms with Gasteiger partial charge >= 0.3 is 0 Å². The van der Waals surface area contributed by atoms with E-state index in [0.717, 1.165) is 25.3 Å². The average Bonchev–Trinajstić information content (AvgIpc) is 2.61. The van der Waals surface area contributed by atoms with Crippen molar-refractivity contribution in [1.29, 1.82) is 0 Å². The van der Waals surface area contributed by atoms with E-state index < -0.39 is 0 Å². The summed E-state index contributed by atoms with van der Waals surface area (Å²) in [5, 5.41) is 4.73. The van der Waals surface area contributed by atoms with Crippen molar-refractivity contribution >= 4 is 23.5 Å². The van der Waals surface area contributed by atoms with Gasteiger partial charge < -0.3 is 10.3 Å². The normalized spacial score (nSPS) is 11.1. The topological polar surface area (TPSA) is 27.8 Å². The number of aromatic amines is 1. The monoisotopic (exact) mass is 234 g/mol. The Bertz CT molecular complexity index is 462. The Morgan fingerprint density at radius 3 is 2.88 bits per heavy atom. The molecule has 0 aliphatic heterocycles. The number of benzene rings is 1. The third-order valence-electron chi connectivity index (χ3n) is 2.87. The fraction of sp³-hybridized carbons (Fsp3) is 0.385. The van der Waals surface area contributed by atoms with Gasteiger partial charge in [-0.3, -0.25) is 0 Å². The van der Waals surface area contributed by atoms with Gasteiger partial charge in [0.25, 0.3) is 0 Å². The maximum Gasteiger partial charge on any atom is 0.0458 e. The Kier molecular flexibility index (Phi) is 3.91. The zero-order chi connectivity index (χ0) is 11.4. The second kappa shape index (κ2) is 5.41. The highest BCUT2D eigenvalue weighted by atomic mass is 32.1. The first-order valence-corrected chi connectivity index (χ1v) is 6.34. The van der Waals surface area contributed by atoms with Crippen LogP contribution in [0.2, 0.25) is 0 Å². The van der Waals surface area contributed by atoms with Crippen LogP contribution in [-0.4, -0.2) is 23.8 Å². The zero-order valence-electron chi connectivity index (χ0n) is 9.59. The molecule has 2 rings (SSSR count). The molecule has 0 saturated carbocycles. The van der Waals surface area contributed by atoms with Crippen LogP contribution in [0.4, 0.5) is 0 Å². The van der Waals surface area contributed by atoms with Crippen LogP contribution < -0.4 is 5.32 Å². The molecule has 0 spiro atoms. The molecule has 1 heterocycles. The second-order valence-electron chi connectivity index (χ2n) is 4.00. The highest BCUT2D eigenvalue weighted by Crippen LogP contribution is 2.21. The molecule has 0 fully saturated rings. The lowest BCUT2D eigenvalue weighted by molar-refractivity contribution is 0.722. The van der Waals surface area contributed by atoms with E-state index in [1.165, 1.54) is 22.2 Å². The molecule has 2 aromatic rings. The minimum Gasteiger partial charge on any atom is -0.358 e. The first-order chi connectivity index (χ1) is 7.83. The average molecular weight is 234 g/mol. The fourth-order valence-corrected chi connectivity index (χ4v) is 2.23. The van der Waals surface area contributed by atoms with Gasteiger partial charge in [-0.15, -0.1) is 0 Å². The van der Waals surface area contributed by atoms with E-state index in [0.29, 0.717) is 0 Å². The number of para-hydroxylation sites is 1. The number of H-pyrrole nitrogens is 1. The van der Waals surface area contributed by atoms with Crippen LogP contribution in [0.3, 0.4) is 0 Å². The van der Waals surface area contributed by atoms with Gasteiger partial charge in [0.2, 0.25) is 0 Å². The highest BCUT2D eigenvalue weighted by Gasteiger charge is 2.06. The number of fused-ring (bicyclic) bond motifs is 1. The molecule has 0 atom stereocenters. The lowest BCUT2D eigenvalue weighted by atomic mass is 10.1. The maximum absolute atomic E-state index is 4.18. The van der Waals surface area contributed by atoms with Crippen molar-refractivity contribution in [3.05, 3.63) is 35.5 Å². The first kappa shape index (κ1) is 11.6. The number of nitrogens with one attached hydrogen (secondary N) is 2. The van der Waals surface area contributed by atoms with Crippen LogP contribution >= 0.6 is 12.6 Å². The van der Waals surface area contributed by atoms with Crippen LogP contribution in [0, 0.1) is 6.92 Å². The SMILES string of the molecule is Cc1[nH]c2ccccc2c1CCNCCS. The minimum absolute atomic E-state index is 0.896. The zero-order valence-corrected chi connectivity index (χ0v) is 10.5. The van der Waals surface area contributed by atoms with E-state index in [9.17, 15) is 0 Å². The molecule has 0 aliphatic rings.